The monoisotopic (exact) mass is 428 g/mol. The van der Waals surface area contributed by atoms with E-state index in [1.54, 1.807) is 18.2 Å². The van der Waals surface area contributed by atoms with Crippen LogP contribution in [0.1, 0.15) is 44.9 Å². The molecule has 0 bridgehead atoms. The number of hydrogen-bond donors (Lipinski definition) is 2. The first-order chi connectivity index (χ1) is 15.1. The number of ether oxygens (including phenoxy) is 1. The van der Waals surface area contributed by atoms with Crippen molar-refractivity contribution in [2.75, 3.05) is 25.1 Å². The molecule has 1 aromatic heterocycles. The Morgan fingerprint density at radius 3 is 2.84 bits per heavy atom. The second-order valence-electron chi connectivity index (χ2n) is 8.11. The molecule has 2 aromatic rings. The van der Waals surface area contributed by atoms with Crippen LogP contribution in [0.5, 0.6) is 5.75 Å². The van der Waals surface area contributed by atoms with Crippen molar-refractivity contribution in [2.24, 2.45) is 0 Å². The van der Waals surface area contributed by atoms with E-state index in [0.29, 0.717) is 42.6 Å². The number of nitrogens with one attached hydrogen (secondary N) is 1. The molecule has 9 nitrogen and oxygen atoms in total. The van der Waals surface area contributed by atoms with Gasteiger partial charge >= 0.3 is 0 Å². The summed E-state index contributed by atoms with van der Waals surface area (Å²) in [6, 6.07) is 5.25. The molecule has 1 aliphatic heterocycles. The van der Waals surface area contributed by atoms with E-state index in [1.165, 1.54) is 11.0 Å². The Bertz CT molecular complexity index is 1030. The van der Waals surface area contributed by atoms with Gasteiger partial charge in [-0.05, 0) is 31.4 Å². The van der Waals surface area contributed by atoms with Gasteiger partial charge in [-0.25, -0.2) is 4.98 Å². The van der Waals surface area contributed by atoms with E-state index in [9.17, 15) is 19.5 Å². The topological polar surface area (TPSA) is 114 Å². The maximum Gasteiger partial charge on any atom is 0.263 e. The average molecular weight is 428 g/mol. The molecule has 1 aliphatic carbocycles. The van der Waals surface area contributed by atoms with Crippen molar-refractivity contribution in [3.8, 4) is 5.75 Å². The molecule has 31 heavy (non-hydrogen) atoms. The first-order valence-electron chi connectivity index (χ1n) is 10.9. The lowest BCUT2D eigenvalue weighted by Gasteiger charge is -2.34. The Morgan fingerprint density at radius 2 is 2.06 bits per heavy atom. The van der Waals surface area contributed by atoms with Crippen molar-refractivity contribution in [3.05, 3.63) is 28.6 Å². The van der Waals surface area contributed by atoms with E-state index in [2.05, 4.69) is 10.3 Å². The summed E-state index contributed by atoms with van der Waals surface area (Å²) in [4.78, 5) is 42.9. The van der Waals surface area contributed by atoms with Crippen molar-refractivity contribution in [1.29, 1.82) is 0 Å². The molecule has 0 saturated heterocycles. The van der Waals surface area contributed by atoms with Gasteiger partial charge in [-0.1, -0.05) is 19.3 Å². The largest absolute Gasteiger partial charge is 0.494 e. The fourth-order valence-electron chi connectivity index (χ4n) is 4.41. The number of rotatable bonds is 8. The minimum Gasteiger partial charge on any atom is -0.494 e. The standard InChI is InChI=1S/C22H28N4O5/c27-11-10-25(15-5-2-1-3-6-15)20(29)7-4-12-31-16-8-9-17-18(13-16)23-22-24-19(28)14-26(22)21(17)30/h8-9,13,15,27H,1-7,10-12,14H2,(H,23,24,28). The van der Waals surface area contributed by atoms with Gasteiger partial charge in [0.2, 0.25) is 17.8 Å². The molecule has 0 atom stereocenters. The molecule has 0 spiro atoms. The number of aromatic nitrogens is 2. The molecule has 9 heteroatoms. The molecular weight excluding hydrogens is 400 g/mol. The number of hydrogen-bond acceptors (Lipinski definition) is 6. The third kappa shape index (κ3) is 4.71. The number of fused-ring (bicyclic) bond motifs is 2. The van der Waals surface area contributed by atoms with E-state index < -0.39 is 0 Å². The Labute approximate surface area is 180 Å². The normalized spacial score (nSPS) is 16.2. The predicted molar refractivity (Wildman–Crippen MR) is 115 cm³/mol. The van der Waals surface area contributed by atoms with Gasteiger partial charge in [-0.15, -0.1) is 0 Å². The van der Waals surface area contributed by atoms with Gasteiger partial charge in [0, 0.05) is 25.1 Å². The van der Waals surface area contributed by atoms with E-state index in [4.69, 9.17) is 4.74 Å². The highest BCUT2D eigenvalue weighted by Gasteiger charge is 2.25. The van der Waals surface area contributed by atoms with E-state index in [1.807, 2.05) is 4.90 Å². The highest BCUT2D eigenvalue weighted by molar-refractivity contribution is 5.94. The zero-order valence-electron chi connectivity index (χ0n) is 17.5. The Morgan fingerprint density at radius 1 is 1.26 bits per heavy atom. The van der Waals surface area contributed by atoms with Crippen LogP contribution < -0.4 is 15.6 Å². The molecule has 2 N–H and O–H groups in total. The molecule has 0 unspecified atom stereocenters. The molecule has 2 aliphatic rings. The van der Waals surface area contributed by atoms with E-state index in [-0.39, 0.29) is 42.5 Å². The summed E-state index contributed by atoms with van der Waals surface area (Å²) >= 11 is 0. The maximum absolute atomic E-state index is 12.7. The number of aliphatic hydroxyl groups excluding tert-OH is 1. The Kier molecular flexibility index (Phi) is 6.50. The molecule has 0 radical (unpaired) electrons. The van der Waals surface area contributed by atoms with Crippen molar-refractivity contribution < 1.29 is 19.4 Å². The summed E-state index contributed by atoms with van der Waals surface area (Å²) in [5.41, 5.74) is 0.195. The summed E-state index contributed by atoms with van der Waals surface area (Å²) in [5, 5.41) is 12.3. The van der Waals surface area contributed by atoms with Gasteiger partial charge in [0.1, 0.15) is 12.3 Å². The number of carbonyl (C=O) groups is 2. The smallest absolute Gasteiger partial charge is 0.263 e. The molecular formula is C22H28N4O5. The van der Waals surface area contributed by atoms with Gasteiger partial charge in [0.15, 0.2) is 0 Å². The van der Waals surface area contributed by atoms with Gasteiger partial charge < -0.3 is 14.7 Å². The molecule has 1 fully saturated rings. The van der Waals surface area contributed by atoms with Crippen molar-refractivity contribution in [1.82, 2.24) is 14.5 Å². The third-order valence-corrected chi connectivity index (χ3v) is 5.96. The Hall–Kier alpha value is -2.94. The van der Waals surface area contributed by atoms with Crippen LogP contribution in [0.15, 0.2) is 23.0 Å². The minimum absolute atomic E-state index is 0.0163. The fraction of sp³-hybridized carbons (Fsp3) is 0.545. The number of benzene rings is 1. The molecule has 2 amide bonds. The maximum atomic E-state index is 12.7. The van der Waals surface area contributed by atoms with Crippen LogP contribution in [0.4, 0.5) is 5.95 Å². The summed E-state index contributed by atoms with van der Waals surface area (Å²) < 4.78 is 7.09. The second-order valence-corrected chi connectivity index (χ2v) is 8.11. The summed E-state index contributed by atoms with van der Waals surface area (Å²) in [5.74, 6) is 0.603. The first kappa shape index (κ1) is 21.3. The lowest BCUT2D eigenvalue weighted by molar-refractivity contribution is -0.135. The van der Waals surface area contributed by atoms with Crippen LogP contribution in [0.3, 0.4) is 0 Å². The quantitative estimate of drug-likeness (QED) is 0.618. The number of carbonyl (C=O) groups excluding carboxylic acids is 2. The van der Waals surface area contributed by atoms with E-state index in [0.717, 1.165) is 25.7 Å². The number of aliphatic hydroxyl groups is 1. The van der Waals surface area contributed by atoms with Crippen molar-refractivity contribution >= 4 is 28.7 Å². The number of anilines is 1. The van der Waals surface area contributed by atoms with Gasteiger partial charge in [-0.3, -0.25) is 24.3 Å². The molecule has 4 rings (SSSR count). The average Bonchev–Trinajstić information content (AvgIpc) is 3.16. The van der Waals surface area contributed by atoms with Crippen LogP contribution in [0.2, 0.25) is 0 Å². The highest BCUT2D eigenvalue weighted by Crippen LogP contribution is 2.24. The summed E-state index contributed by atoms with van der Waals surface area (Å²) in [6.45, 7) is 0.706. The lowest BCUT2D eigenvalue weighted by atomic mass is 9.94. The molecule has 2 heterocycles. The first-order valence-corrected chi connectivity index (χ1v) is 10.9. The van der Waals surface area contributed by atoms with Crippen molar-refractivity contribution in [2.45, 2.75) is 57.5 Å². The van der Waals surface area contributed by atoms with Crippen LogP contribution in [0, 0.1) is 0 Å². The Balaban J connectivity index is 1.34. The van der Waals surface area contributed by atoms with Crippen LogP contribution >= 0.6 is 0 Å². The minimum atomic E-state index is -0.262. The zero-order chi connectivity index (χ0) is 21.8. The van der Waals surface area contributed by atoms with Gasteiger partial charge in [0.05, 0.1) is 24.1 Å². The van der Waals surface area contributed by atoms with E-state index >= 15 is 0 Å². The third-order valence-electron chi connectivity index (χ3n) is 5.96. The SMILES string of the molecule is O=C1Cn2c(nc3cc(OCCCC(=O)N(CCO)C4CCCCC4)ccc3c2=O)N1. The number of nitrogens with zero attached hydrogens (tertiary/aromatic N) is 3. The second kappa shape index (κ2) is 9.47. The zero-order valence-corrected chi connectivity index (χ0v) is 17.5. The summed E-state index contributed by atoms with van der Waals surface area (Å²) in [6.07, 6.45) is 6.43. The van der Waals surface area contributed by atoms with Crippen molar-refractivity contribution in [3.63, 3.8) is 0 Å². The van der Waals surface area contributed by atoms with Gasteiger partial charge in [-0.2, -0.15) is 0 Å². The van der Waals surface area contributed by atoms with Crippen LogP contribution in [-0.2, 0) is 16.1 Å². The predicted octanol–water partition coefficient (Wildman–Crippen LogP) is 1.66. The summed E-state index contributed by atoms with van der Waals surface area (Å²) in [7, 11) is 0. The molecule has 1 saturated carbocycles. The molecule has 1 aromatic carbocycles. The fourth-order valence-corrected chi connectivity index (χ4v) is 4.41. The highest BCUT2D eigenvalue weighted by atomic mass is 16.5. The molecule has 166 valence electrons. The van der Waals surface area contributed by atoms with Crippen LogP contribution in [-0.4, -0.2) is 57.2 Å². The van der Waals surface area contributed by atoms with Crippen LogP contribution in [0.25, 0.3) is 10.9 Å². The lowest BCUT2D eigenvalue weighted by Crippen LogP contribution is -2.43. The number of amides is 2. The van der Waals surface area contributed by atoms with Gasteiger partial charge in [0.25, 0.3) is 5.56 Å².